The molecule has 2 N–H and O–H groups in total. The molecule has 0 unspecified atom stereocenters. The summed E-state index contributed by atoms with van der Waals surface area (Å²) in [7, 11) is 0. The van der Waals surface area contributed by atoms with Crippen molar-refractivity contribution in [1.82, 2.24) is 9.47 Å². The van der Waals surface area contributed by atoms with E-state index in [9.17, 15) is 9.59 Å². The van der Waals surface area contributed by atoms with E-state index in [4.69, 9.17) is 10.5 Å². The number of amides is 1. The van der Waals surface area contributed by atoms with Crippen molar-refractivity contribution in [3.8, 4) is 0 Å². The molecule has 2 aliphatic heterocycles. The Labute approximate surface area is 199 Å². The van der Waals surface area contributed by atoms with Crippen molar-refractivity contribution in [3.05, 3.63) is 64.6 Å². The van der Waals surface area contributed by atoms with Crippen LogP contribution in [0.25, 0.3) is 10.8 Å². The quantitative estimate of drug-likeness (QED) is 0.568. The smallest absolute Gasteiger partial charge is 0.409 e. The van der Waals surface area contributed by atoms with Gasteiger partial charge in [0.15, 0.2) is 0 Å². The first-order valence-electron chi connectivity index (χ1n) is 11.9. The highest BCUT2D eigenvalue weighted by atomic mass is 16.6. The van der Waals surface area contributed by atoms with Gasteiger partial charge in [0.1, 0.15) is 6.61 Å². The van der Waals surface area contributed by atoms with Gasteiger partial charge in [-0.25, -0.2) is 4.79 Å². The number of rotatable bonds is 6. The van der Waals surface area contributed by atoms with Crippen LogP contribution in [0.1, 0.15) is 12.0 Å². The lowest BCUT2D eigenvalue weighted by molar-refractivity contribution is 0.158. The van der Waals surface area contributed by atoms with Gasteiger partial charge >= 0.3 is 6.09 Å². The van der Waals surface area contributed by atoms with Gasteiger partial charge in [-0.1, -0.05) is 18.2 Å². The molecular weight excluding hydrogens is 430 g/mol. The zero-order chi connectivity index (χ0) is 23.7. The number of piperazine rings is 1. The van der Waals surface area contributed by atoms with Crippen LogP contribution in [-0.2, 0) is 11.3 Å². The number of fused-ring (bicyclic) bond motifs is 1. The number of ether oxygens (including phenoxy) is 1. The summed E-state index contributed by atoms with van der Waals surface area (Å²) in [5.41, 5.74) is 10.6. The number of para-hydroxylation sites is 1. The third-order valence-electron chi connectivity index (χ3n) is 6.87. The second kappa shape index (κ2) is 9.29. The topological polar surface area (TPSA) is 84.0 Å². The molecule has 5 rings (SSSR count). The van der Waals surface area contributed by atoms with Crippen LogP contribution in [0.3, 0.4) is 0 Å². The molecule has 2 fully saturated rings. The van der Waals surface area contributed by atoms with Crippen molar-refractivity contribution in [2.75, 3.05) is 61.4 Å². The maximum absolute atomic E-state index is 13.1. The van der Waals surface area contributed by atoms with Gasteiger partial charge < -0.3 is 29.7 Å². The van der Waals surface area contributed by atoms with Gasteiger partial charge in [0, 0.05) is 56.5 Å². The lowest BCUT2D eigenvalue weighted by Crippen LogP contribution is -2.47. The molecule has 2 aromatic carbocycles. The number of aromatic nitrogens is 1. The maximum Gasteiger partial charge on any atom is 0.409 e. The van der Waals surface area contributed by atoms with E-state index in [1.165, 1.54) is 11.3 Å². The summed E-state index contributed by atoms with van der Waals surface area (Å²) >= 11 is 0. The maximum atomic E-state index is 13.1. The molecule has 0 radical (unpaired) electrons. The molecule has 2 aliphatic rings. The van der Waals surface area contributed by atoms with Crippen LogP contribution < -0.4 is 21.1 Å². The summed E-state index contributed by atoms with van der Waals surface area (Å²) in [5, 5.41) is 1.53. The first-order chi connectivity index (χ1) is 16.5. The molecule has 3 aromatic rings. The van der Waals surface area contributed by atoms with Crippen LogP contribution in [0.15, 0.2) is 53.5 Å². The van der Waals surface area contributed by atoms with Crippen molar-refractivity contribution in [2.45, 2.75) is 19.9 Å². The molecule has 8 heteroatoms. The highest BCUT2D eigenvalue weighted by molar-refractivity contribution is 5.91. The van der Waals surface area contributed by atoms with Crippen molar-refractivity contribution in [3.63, 3.8) is 0 Å². The van der Waals surface area contributed by atoms with Crippen molar-refractivity contribution >= 4 is 33.9 Å². The van der Waals surface area contributed by atoms with Crippen LogP contribution in [-0.4, -0.2) is 61.4 Å². The van der Waals surface area contributed by atoms with Crippen molar-refractivity contribution in [2.24, 2.45) is 0 Å². The fourth-order valence-corrected chi connectivity index (χ4v) is 4.95. The van der Waals surface area contributed by atoms with Gasteiger partial charge in [0.25, 0.3) is 5.56 Å². The molecule has 34 heavy (non-hydrogen) atoms. The molecule has 1 amide bonds. The number of nitrogens with zero attached hydrogens (tertiary/aromatic N) is 4. The number of carbonyl (C=O) groups is 1. The molecule has 0 saturated carbocycles. The number of pyridine rings is 1. The second-order valence-corrected chi connectivity index (χ2v) is 9.03. The predicted molar refractivity (Wildman–Crippen MR) is 136 cm³/mol. The van der Waals surface area contributed by atoms with Crippen LogP contribution in [0.4, 0.5) is 21.9 Å². The Morgan fingerprint density at radius 3 is 2.35 bits per heavy atom. The van der Waals surface area contributed by atoms with E-state index in [-0.39, 0.29) is 11.7 Å². The number of anilines is 3. The summed E-state index contributed by atoms with van der Waals surface area (Å²) in [6.07, 6.45) is 2.26. The minimum absolute atomic E-state index is 0.0517. The Morgan fingerprint density at radius 1 is 0.912 bits per heavy atom. The number of aryl methyl sites for hydroxylation is 2. The lowest BCUT2D eigenvalue weighted by Gasteiger charge is -2.38. The van der Waals surface area contributed by atoms with Crippen molar-refractivity contribution < 1.29 is 9.53 Å². The number of hydrogen-bond donors (Lipinski definition) is 1. The number of cyclic esters (lactones) is 1. The fraction of sp³-hybridized carbons (Fsp3) is 0.385. The Hall–Kier alpha value is -3.68. The van der Waals surface area contributed by atoms with E-state index in [1.807, 2.05) is 24.4 Å². The monoisotopic (exact) mass is 461 g/mol. The number of nitrogen functional groups attached to an aromatic ring is 1. The molecule has 2 saturated heterocycles. The molecule has 8 nitrogen and oxygen atoms in total. The summed E-state index contributed by atoms with van der Waals surface area (Å²) in [5.74, 6) is 0. The van der Waals surface area contributed by atoms with Gasteiger partial charge in [-0.15, -0.1) is 0 Å². The molecule has 0 bridgehead atoms. The fourth-order valence-electron chi connectivity index (χ4n) is 4.95. The zero-order valence-corrected chi connectivity index (χ0v) is 19.6. The third kappa shape index (κ3) is 4.27. The second-order valence-electron chi connectivity index (χ2n) is 9.03. The summed E-state index contributed by atoms with van der Waals surface area (Å²) in [6, 6.07) is 14.3. The molecule has 0 aliphatic carbocycles. The lowest BCUT2D eigenvalue weighted by atomic mass is 10.1. The van der Waals surface area contributed by atoms with Crippen molar-refractivity contribution in [1.29, 1.82) is 0 Å². The van der Waals surface area contributed by atoms with Crippen LogP contribution in [0.5, 0.6) is 0 Å². The number of hydrogen-bond acceptors (Lipinski definition) is 6. The molecule has 1 aromatic heterocycles. The average molecular weight is 462 g/mol. The van der Waals surface area contributed by atoms with Gasteiger partial charge in [-0.2, -0.15) is 0 Å². The minimum Gasteiger partial charge on any atom is -0.448 e. The van der Waals surface area contributed by atoms with E-state index in [2.05, 4.69) is 41.0 Å². The molecule has 0 spiro atoms. The summed E-state index contributed by atoms with van der Waals surface area (Å²) in [6.45, 7) is 7.93. The Bertz CT molecular complexity index is 1260. The number of benzene rings is 2. The largest absolute Gasteiger partial charge is 0.448 e. The minimum atomic E-state index is -0.272. The van der Waals surface area contributed by atoms with Crippen LogP contribution >= 0.6 is 0 Å². The van der Waals surface area contributed by atoms with Gasteiger partial charge in [-0.05, 0) is 48.6 Å². The Morgan fingerprint density at radius 2 is 1.65 bits per heavy atom. The Kier molecular flexibility index (Phi) is 6.04. The highest BCUT2D eigenvalue weighted by Crippen LogP contribution is 2.30. The molecule has 3 heterocycles. The van der Waals surface area contributed by atoms with Crippen LogP contribution in [0.2, 0.25) is 0 Å². The number of carbonyl (C=O) groups excluding carboxylic acids is 1. The molecular formula is C26H31N5O3. The molecule has 0 atom stereocenters. The number of nitrogens with two attached hydrogens (primary N) is 1. The SMILES string of the molecule is Cc1ccccc1N1CCN(c2cc3ccn(CCCN4CCOC4=O)c(=O)c3cc2N)CC1. The van der Waals surface area contributed by atoms with E-state index in [0.29, 0.717) is 43.7 Å². The zero-order valence-electron chi connectivity index (χ0n) is 19.6. The van der Waals surface area contributed by atoms with Gasteiger partial charge in [-0.3, -0.25) is 4.79 Å². The standard InChI is InChI=1S/C26H31N5O3/c1-19-5-2-3-6-23(19)28-11-13-29(14-12-28)24-17-20-7-10-30(25(32)21(20)18-22(24)27)8-4-9-31-15-16-34-26(31)33/h2-3,5-7,10,17-18H,4,8-9,11-16,27H2,1H3. The first kappa shape index (κ1) is 22.1. The third-order valence-corrected chi connectivity index (χ3v) is 6.87. The Balaban J connectivity index is 1.29. The highest BCUT2D eigenvalue weighted by Gasteiger charge is 2.22. The first-order valence-corrected chi connectivity index (χ1v) is 11.9. The van der Waals surface area contributed by atoms with Gasteiger partial charge in [0.2, 0.25) is 0 Å². The van der Waals surface area contributed by atoms with E-state index < -0.39 is 0 Å². The van der Waals surface area contributed by atoms with E-state index >= 15 is 0 Å². The summed E-state index contributed by atoms with van der Waals surface area (Å²) in [4.78, 5) is 31.1. The predicted octanol–water partition coefficient (Wildman–Crippen LogP) is 3.06. The average Bonchev–Trinajstić information content (AvgIpc) is 3.26. The van der Waals surface area contributed by atoms with E-state index in [1.54, 1.807) is 9.47 Å². The van der Waals surface area contributed by atoms with Gasteiger partial charge in [0.05, 0.1) is 17.9 Å². The summed E-state index contributed by atoms with van der Waals surface area (Å²) < 4.78 is 6.65. The van der Waals surface area contributed by atoms with E-state index in [0.717, 1.165) is 37.3 Å². The molecule has 178 valence electrons. The van der Waals surface area contributed by atoms with Crippen LogP contribution in [0, 0.1) is 6.92 Å². The normalized spacial score (nSPS) is 16.4.